The van der Waals surface area contributed by atoms with Gasteiger partial charge in [0.2, 0.25) is 5.92 Å². The van der Waals surface area contributed by atoms with E-state index in [0.717, 1.165) is 30.1 Å². The maximum atomic E-state index is 13.7. The van der Waals surface area contributed by atoms with Crippen molar-refractivity contribution in [3.05, 3.63) is 29.2 Å². The number of nitrogens with one attached hydrogen (secondary N) is 1. The van der Waals surface area contributed by atoms with Crippen molar-refractivity contribution < 1.29 is 35.2 Å². The van der Waals surface area contributed by atoms with Gasteiger partial charge >= 0.3 is 6.18 Å². The maximum absolute atomic E-state index is 13.7. The van der Waals surface area contributed by atoms with Gasteiger partial charge in [0.15, 0.2) is 14.9 Å². The number of aromatic nitrogens is 4. The summed E-state index contributed by atoms with van der Waals surface area (Å²) >= 11 is 0. The van der Waals surface area contributed by atoms with Crippen LogP contribution in [0.3, 0.4) is 0 Å². The number of hydrogen-bond donors (Lipinski definition) is 1. The van der Waals surface area contributed by atoms with Gasteiger partial charge in [0.25, 0.3) is 5.91 Å². The van der Waals surface area contributed by atoms with Crippen molar-refractivity contribution in [1.82, 2.24) is 20.0 Å². The third kappa shape index (κ3) is 5.40. The van der Waals surface area contributed by atoms with Crippen molar-refractivity contribution in [2.75, 3.05) is 11.6 Å². The predicted octanol–water partition coefficient (Wildman–Crippen LogP) is 3.48. The summed E-state index contributed by atoms with van der Waals surface area (Å²) in [5, 5.41) is 12.4. The van der Waals surface area contributed by atoms with E-state index in [1.165, 1.54) is 0 Å². The molecule has 1 aliphatic carbocycles. The Morgan fingerprint density at radius 1 is 1.28 bits per heavy atom. The minimum Gasteiger partial charge on any atom is -0.319 e. The van der Waals surface area contributed by atoms with Gasteiger partial charge in [-0.3, -0.25) is 9.48 Å². The molecule has 8 nitrogen and oxygen atoms in total. The fraction of sp³-hybridized carbons (Fsp3) is 0.556. The number of sulfone groups is 1. The largest absolute Gasteiger partial charge is 0.420 e. The second-order valence-corrected chi connectivity index (χ2v) is 9.76. The maximum Gasteiger partial charge on any atom is 0.420 e. The molecule has 2 aromatic heterocycles. The van der Waals surface area contributed by atoms with Gasteiger partial charge in [-0.1, -0.05) is 0 Å². The molecule has 1 saturated carbocycles. The van der Waals surface area contributed by atoms with Crippen LogP contribution in [0.5, 0.6) is 0 Å². The number of hydrogen-bond acceptors (Lipinski definition) is 6. The second-order valence-electron chi connectivity index (χ2n) is 7.80. The number of halogens is 5. The molecule has 0 bridgehead atoms. The monoisotopic (exact) mass is 481 g/mol. The second kappa shape index (κ2) is 8.37. The van der Waals surface area contributed by atoms with Crippen LogP contribution in [0.4, 0.5) is 27.6 Å². The van der Waals surface area contributed by atoms with Crippen molar-refractivity contribution in [1.29, 1.82) is 0 Å². The van der Waals surface area contributed by atoms with Crippen LogP contribution in [0.1, 0.15) is 47.4 Å². The number of aryl methyl sites for hydroxylation is 1. The van der Waals surface area contributed by atoms with Crippen molar-refractivity contribution in [3.8, 4) is 0 Å². The molecular formula is C18H20F5N5O3S. The van der Waals surface area contributed by atoms with Crippen LogP contribution in [-0.4, -0.2) is 46.5 Å². The molecule has 32 heavy (non-hydrogen) atoms. The number of rotatable bonds is 5. The molecule has 0 aliphatic heterocycles. The highest BCUT2D eigenvalue weighted by Gasteiger charge is 2.42. The molecule has 0 unspecified atom stereocenters. The lowest BCUT2D eigenvalue weighted by Gasteiger charge is -2.28. The van der Waals surface area contributed by atoms with Gasteiger partial charge in [-0.15, -0.1) is 5.10 Å². The molecule has 0 radical (unpaired) electrons. The smallest absolute Gasteiger partial charge is 0.319 e. The van der Waals surface area contributed by atoms with E-state index < -0.39 is 49.8 Å². The highest BCUT2D eigenvalue weighted by atomic mass is 32.2. The minimum atomic E-state index is -4.90. The van der Waals surface area contributed by atoms with Crippen molar-refractivity contribution in [2.45, 2.75) is 56.3 Å². The van der Waals surface area contributed by atoms with E-state index in [1.807, 2.05) is 0 Å². The first-order chi connectivity index (χ1) is 14.7. The number of alkyl halides is 5. The molecular weight excluding hydrogens is 461 g/mol. The Hall–Kier alpha value is -2.64. The molecule has 3 rings (SSSR count). The molecule has 2 heterocycles. The van der Waals surface area contributed by atoms with Gasteiger partial charge in [0.1, 0.15) is 11.3 Å². The Morgan fingerprint density at radius 3 is 2.47 bits per heavy atom. The predicted molar refractivity (Wildman–Crippen MR) is 102 cm³/mol. The van der Waals surface area contributed by atoms with Crippen molar-refractivity contribution in [2.24, 2.45) is 5.92 Å². The molecule has 0 aromatic carbocycles. The lowest BCUT2D eigenvalue weighted by Crippen LogP contribution is -2.29. The zero-order valence-electron chi connectivity index (χ0n) is 17.1. The zero-order chi connectivity index (χ0) is 23.9. The molecule has 0 saturated heterocycles. The molecule has 2 aromatic rings. The molecule has 0 spiro atoms. The van der Waals surface area contributed by atoms with E-state index in [-0.39, 0.29) is 43.8 Å². The van der Waals surface area contributed by atoms with E-state index in [2.05, 4.69) is 20.6 Å². The fourth-order valence-electron chi connectivity index (χ4n) is 3.60. The van der Waals surface area contributed by atoms with Gasteiger partial charge in [0.05, 0.1) is 17.6 Å². The van der Waals surface area contributed by atoms with Gasteiger partial charge < -0.3 is 5.32 Å². The number of amides is 1. The lowest BCUT2D eigenvalue weighted by atomic mass is 9.87. The Balaban J connectivity index is 1.94. The van der Waals surface area contributed by atoms with Gasteiger partial charge in [-0.2, -0.15) is 23.4 Å². The van der Waals surface area contributed by atoms with Crippen LogP contribution in [0.2, 0.25) is 0 Å². The van der Waals surface area contributed by atoms with Gasteiger partial charge in [0, 0.05) is 31.7 Å². The van der Waals surface area contributed by atoms with Crippen molar-refractivity contribution >= 4 is 21.4 Å². The molecule has 1 N–H and O–H groups in total. The van der Waals surface area contributed by atoms with Crippen LogP contribution in [0, 0.1) is 12.8 Å². The summed E-state index contributed by atoms with van der Waals surface area (Å²) in [5.74, 6) is -4.37. The fourth-order valence-corrected chi connectivity index (χ4v) is 4.13. The van der Waals surface area contributed by atoms with E-state index in [4.69, 9.17) is 0 Å². The third-order valence-electron chi connectivity index (χ3n) is 5.16. The standard InChI is InChI=1S/C18H20F5N5O3S/c1-10-14(18(21,22)23)15(28(27-10)9-11-3-5-17(19,20)6-4-11)16(29)25-12-7-13(26-24-8-12)32(2,30)31/h7-8,11H,3-6,9H2,1-2H3,(H,25,26,29). The normalized spacial score (nSPS) is 17.3. The zero-order valence-corrected chi connectivity index (χ0v) is 17.9. The summed E-state index contributed by atoms with van der Waals surface area (Å²) in [6.45, 7) is 0.958. The van der Waals surface area contributed by atoms with E-state index in [0.29, 0.717) is 0 Å². The number of carbonyl (C=O) groups excluding carboxylic acids is 1. The molecule has 1 amide bonds. The Morgan fingerprint density at radius 2 is 1.91 bits per heavy atom. The number of carbonyl (C=O) groups is 1. The molecule has 1 fully saturated rings. The highest BCUT2D eigenvalue weighted by Crippen LogP contribution is 2.39. The average Bonchev–Trinajstić information content (AvgIpc) is 2.99. The van der Waals surface area contributed by atoms with Gasteiger partial charge in [-0.05, 0) is 25.7 Å². The summed E-state index contributed by atoms with van der Waals surface area (Å²) < 4.78 is 92.0. The van der Waals surface area contributed by atoms with Crippen molar-refractivity contribution in [3.63, 3.8) is 0 Å². The van der Waals surface area contributed by atoms with Crippen LogP contribution in [0.15, 0.2) is 17.3 Å². The number of nitrogens with zero attached hydrogens (tertiary/aromatic N) is 4. The first-order valence-electron chi connectivity index (χ1n) is 9.54. The summed E-state index contributed by atoms with van der Waals surface area (Å²) in [5.41, 5.74) is -2.65. The Kier molecular flexibility index (Phi) is 6.28. The van der Waals surface area contributed by atoms with Crippen LogP contribution >= 0.6 is 0 Å². The highest BCUT2D eigenvalue weighted by molar-refractivity contribution is 7.90. The van der Waals surface area contributed by atoms with Crippen LogP contribution < -0.4 is 5.32 Å². The average molecular weight is 481 g/mol. The summed E-state index contributed by atoms with van der Waals surface area (Å²) in [4.78, 5) is 12.8. The number of anilines is 1. The Bertz CT molecular complexity index is 1120. The minimum absolute atomic E-state index is 0.0836. The van der Waals surface area contributed by atoms with Gasteiger partial charge in [-0.25, -0.2) is 17.2 Å². The SMILES string of the molecule is Cc1nn(CC2CCC(F)(F)CC2)c(C(=O)Nc2cnnc(S(C)(=O)=O)c2)c1C(F)(F)F. The first kappa shape index (κ1) is 24.0. The lowest BCUT2D eigenvalue weighted by molar-refractivity contribution is -0.138. The van der Waals surface area contributed by atoms with E-state index in [1.54, 1.807) is 0 Å². The van der Waals surface area contributed by atoms with E-state index in [9.17, 15) is 35.2 Å². The van der Waals surface area contributed by atoms with Crippen LogP contribution in [-0.2, 0) is 22.6 Å². The molecule has 176 valence electrons. The molecule has 14 heteroatoms. The Labute approximate surface area is 180 Å². The van der Waals surface area contributed by atoms with Crippen LogP contribution in [0.25, 0.3) is 0 Å². The summed E-state index contributed by atoms with van der Waals surface area (Å²) in [7, 11) is -3.77. The summed E-state index contributed by atoms with van der Waals surface area (Å²) in [6.07, 6.45) is -3.66. The topological polar surface area (TPSA) is 107 Å². The third-order valence-corrected chi connectivity index (χ3v) is 6.12. The molecule has 0 atom stereocenters. The quantitative estimate of drug-likeness (QED) is 0.656. The van der Waals surface area contributed by atoms with E-state index >= 15 is 0 Å². The molecule has 1 aliphatic rings. The summed E-state index contributed by atoms with van der Waals surface area (Å²) in [6, 6.07) is 0.963. The first-order valence-corrected chi connectivity index (χ1v) is 11.4.